The Balaban J connectivity index is 0.00000132. The molecule has 1 aliphatic rings. The van der Waals surface area contributed by atoms with Crippen LogP contribution in [0.15, 0.2) is 30.6 Å². The van der Waals surface area contributed by atoms with Gasteiger partial charge in [-0.15, -0.1) is 0 Å². The summed E-state index contributed by atoms with van der Waals surface area (Å²) in [5, 5.41) is 13.3. The number of hydrogen-bond acceptors (Lipinski definition) is 5. The van der Waals surface area contributed by atoms with Crippen LogP contribution < -0.4 is 5.32 Å². The van der Waals surface area contributed by atoms with E-state index >= 15 is 0 Å². The van der Waals surface area contributed by atoms with Gasteiger partial charge in [0.05, 0.1) is 22.4 Å². The number of hydrogen-bond donors (Lipinski definition) is 1. The van der Waals surface area contributed by atoms with Crippen molar-refractivity contribution in [2.24, 2.45) is 0 Å². The van der Waals surface area contributed by atoms with Crippen LogP contribution in [0.3, 0.4) is 0 Å². The van der Waals surface area contributed by atoms with E-state index in [0.717, 1.165) is 6.07 Å². The molecular formula is C22H21ClF3N5. The van der Waals surface area contributed by atoms with Crippen molar-refractivity contribution in [3.05, 3.63) is 58.0 Å². The van der Waals surface area contributed by atoms with Gasteiger partial charge in [-0.2, -0.15) is 18.4 Å². The van der Waals surface area contributed by atoms with E-state index in [1.807, 2.05) is 13.8 Å². The average Bonchev–Trinajstić information content (AvgIpc) is 3.54. The maximum Gasteiger partial charge on any atom is 0.416 e. The molecule has 1 aliphatic carbocycles. The van der Waals surface area contributed by atoms with Crippen molar-refractivity contribution >= 4 is 28.5 Å². The van der Waals surface area contributed by atoms with Gasteiger partial charge >= 0.3 is 6.18 Å². The first-order valence-electron chi connectivity index (χ1n) is 9.88. The fraction of sp³-hybridized carbons (Fsp3) is 0.364. The zero-order valence-electron chi connectivity index (χ0n) is 17.3. The summed E-state index contributed by atoms with van der Waals surface area (Å²) < 4.78 is 39.4. The van der Waals surface area contributed by atoms with Gasteiger partial charge in [-0.1, -0.05) is 37.6 Å². The molecule has 4 rings (SSSR count). The third-order valence-electron chi connectivity index (χ3n) is 5.26. The molecule has 1 fully saturated rings. The quantitative estimate of drug-likeness (QED) is 0.482. The van der Waals surface area contributed by atoms with E-state index in [1.165, 1.54) is 19.3 Å². The van der Waals surface area contributed by atoms with Gasteiger partial charge in [-0.3, -0.25) is 0 Å². The lowest BCUT2D eigenvalue weighted by Gasteiger charge is -2.15. The Kier molecular flexibility index (Phi) is 6.37. The highest BCUT2D eigenvalue weighted by Crippen LogP contribution is 2.50. The Labute approximate surface area is 183 Å². The van der Waals surface area contributed by atoms with Crippen LogP contribution in [-0.4, -0.2) is 15.0 Å². The molecule has 1 aromatic carbocycles. The Morgan fingerprint density at radius 2 is 1.94 bits per heavy atom. The zero-order valence-corrected chi connectivity index (χ0v) is 18.1. The van der Waals surface area contributed by atoms with Gasteiger partial charge in [-0.25, -0.2) is 15.0 Å². The lowest BCUT2D eigenvalue weighted by Crippen LogP contribution is -2.11. The van der Waals surface area contributed by atoms with E-state index in [2.05, 4.69) is 26.3 Å². The Hall–Kier alpha value is -2.92. The molecule has 0 spiro atoms. The summed E-state index contributed by atoms with van der Waals surface area (Å²) in [6, 6.07) is 8.12. The summed E-state index contributed by atoms with van der Waals surface area (Å²) in [5.41, 5.74) is 0.347. The largest absolute Gasteiger partial charge is 0.416 e. The molecule has 1 N–H and O–H groups in total. The van der Waals surface area contributed by atoms with Crippen molar-refractivity contribution in [2.75, 3.05) is 5.32 Å². The van der Waals surface area contributed by atoms with E-state index < -0.39 is 17.2 Å². The number of nitrogens with one attached hydrogen (secondary N) is 1. The van der Waals surface area contributed by atoms with Gasteiger partial charge in [0.15, 0.2) is 5.65 Å². The van der Waals surface area contributed by atoms with Crippen LogP contribution in [0.2, 0.25) is 5.15 Å². The number of pyridine rings is 1. The number of alkyl halides is 3. The number of nitrogens with zero attached hydrogens (tertiary/aromatic N) is 4. The second kappa shape index (κ2) is 8.67. The van der Waals surface area contributed by atoms with Crippen molar-refractivity contribution < 1.29 is 13.2 Å². The molecule has 2 aromatic heterocycles. The maximum absolute atomic E-state index is 13.1. The molecule has 2 heterocycles. The number of nitriles is 1. The van der Waals surface area contributed by atoms with Crippen molar-refractivity contribution in [3.63, 3.8) is 0 Å². The Morgan fingerprint density at radius 1 is 1.23 bits per heavy atom. The van der Waals surface area contributed by atoms with Gasteiger partial charge in [0.25, 0.3) is 0 Å². The SMILES string of the molecule is CC.Cc1c(CNc2ncnc3nc(Cl)c(C4(C#N)CC4)cc23)cccc1C(F)(F)F. The fourth-order valence-corrected chi connectivity index (χ4v) is 3.68. The van der Waals surface area contributed by atoms with E-state index in [0.29, 0.717) is 40.8 Å². The minimum Gasteiger partial charge on any atom is -0.365 e. The monoisotopic (exact) mass is 447 g/mol. The molecule has 162 valence electrons. The standard InChI is InChI=1S/C20H15ClF3N5.C2H6/c1-11-12(3-2-4-14(11)20(22,23)24)8-26-17-13-7-15(19(9-25)5-6-19)16(21)29-18(13)28-10-27-17;1-2/h2-4,7,10H,5-6,8H2,1H3,(H,26,27,28,29);1-2H3. The summed E-state index contributed by atoms with van der Waals surface area (Å²) in [5.74, 6) is 0.422. The first-order valence-corrected chi connectivity index (χ1v) is 10.3. The van der Waals surface area contributed by atoms with Crippen LogP contribution >= 0.6 is 11.6 Å². The van der Waals surface area contributed by atoms with E-state index in [1.54, 1.807) is 12.1 Å². The van der Waals surface area contributed by atoms with Gasteiger partial charge < -0.3 is 5.32 Å². The number of anilines is 1. The number of rotatable bonds is 4. The molecule has 1 saturated carbocycles. The molecule has 0 aliphatic heterocycles. The topological polar surface area (TPSA) is 74.5 Å². The summed E-state index contributed by atoms with van der Waals surface area (Å²) in [4.78, 5) is 12.6. The first-order chi connectivity index (χ1) is 14.7. The molecule has 9 heteroatoms. The molecule has 0 unspecified atom stereocenters. The van der Waals surface area contributed by atoms with Gasteiger partial charge in [0, 0.05) is 12.1 Å². The lowest BCUT2D eigenvalue weighted by atomic mass is 9.98. The number of aromatic nitrogens is 3. The molecule has 31 heavy (non-hydrogen) atoms. The van der Waals surface area contributed by atoms with Crippen molar-refractivity contribution in [3.8, 4) is 6.07 Å². The van der Waals surface area contributed by atoms with E-state index in [-0.39, 0.29) is 17.3 Å². The van der Waals surface area contributed by atoms with Crippen LogP contribution in [0.25, 0.3) is 11.0 Å². The summed E-state index contributed by atoms with van der Waals surface area (Å²) in [6.07, 6.45) is -1.69. The van der Waals surface area contributed by atoms with Crippen LogP contribution in [-0.2, 0) is 18.1 Å². The molecular weight excluding hydrogens is 427 g/mol. The highest BCUT2D eigenvalue weighted by Gasteiger charge is 2.47. The van der Waals surface area contributed by atoms with Crippen LogP contribution in [0.1, 0.15) is 48.9 Å². The highest BCUT2D eigenvalue weighted by atomic mass is 35.5. The average molecular weight is 448 g/mol. The summed E-state index contributed by atoms with van der Waals surface area (Å²) in [7, 11) is 0. The third-order valence-corrected chi connectivity index (χ3v) is 5.54. The Bertz CT molecular complexity index is 1150. The van der Waals surface area contributed by atoms with E-state index in [9.17, 15) is 18.4 Å². The first kappa shape index (κ1) is 22.8. The molecule has 3 aromatic rings. The molecule has 0 saturated heterocycles. The second-order valence-corrected chi connectivity index (χ2v) is 7.41. The van der Waals surface area contributed by atoms with Crippen LogP contribution in [0, 0.1) is 18.3 Å². The highest BCUT2D eigenvalue weighted by molar-refractivity contribution is 6.30. The fourth-order valence-electron chi connectivity index (χ4n) is 3.37. The number of fused-ring (bicyclic) bond motifs is 1. The predicted molar refractivity (Wildman–Crippen MR) is 114 cm³/mol. The zero-order chi connectivity index (χ0) is 22.8. The van der Waals surface area contributed by atoms with Crippen molar-refractivity contribution in [2.45, 2.75) is 51.7 Å². The van der Waals surface area contributed by atoms with Gasteiger partial charge in [0.2, 0.25) is 0 Å². The molecule has 0 amide bonds. The summed E-state index contributed by atoms with van der Waals surface area (Å²) >= 11 is 6.26. The van der Waals surface area contributed by atoms with Crippen LogP contribution in [0.4, 0.5) is 19.0 Å². The minimum atomic E-state index is -4.41. The van der Waals surface area contributed by atoms with Gasteiger partial charge in [-0.05, 0) is 43.0 Å². The summed E-state index contributed by atoms with van der Waals surface area (Å²) in [6.45, 7) is 5.59. The second-order valence-electron chi connectivity index (χ2n) is 7.06. The molecule has 5 nitrogen and oxygen atoms in total. The normalized spacial score (nSPS) is 14.4. The minimum absolute atomic E-state index is 0.142. The predicted octanol–water partition coefficient (Wildman–Crippen LogP) is 6.20. The maximum atomic E-state index is 13.1. The molecule has 0 bridgehead atoms. The van der Waals surface area contributed by atoms with Crippen LogP contribution in [0.5, 0.6) is 0 Å². The number of benzene rings is 1. The lowest BCUT2D eigenvalue weighted by molar-refractivity contribution is -0.138. The number of halogens is 4. The molecule has 0 radical (unpaired) electrons. The van der Waals surface area contributed by atoms with E-state index in [4.69, 9.17) is 11.6 Å². The van der Waals surface area contributed by atoms with Crippen molar-refractivity contribution in [1.82, 2.24) is 15.0 Å². The molecule has 0 atom stereocenters. The smallest absolute Gasteiger partial charge is 0.365 e. The Morgan fingerprint density at radius 3 is 2.55 bits per heavy atom. The third kappa shape index (κ3) is 4.42. The van der Waals surface area contributed by atoms with Crippen molar-refractivity contribution in [1.29, 1.82) is 5.26 Å². The van der Waals surface area contributed by atoms with Gasteiger partial charge in [0.1, 0.15) is 17.3 Å².